The van der Waals surface area contributed by atoms with Gasteiger partial charge in [-0.15, -0.1) is 0 Å². The van der Waals surface area contributed by atoms with E-state index in [9.17, 15) is 14.4 Å². The fraction of sp³-hybridized carbons (Fsp3) is 0.824. The Balaban J connectivity index is 1.72. The lowest BCUT2D eigenvalue weighted by atomic mass is 10.1. The van der Waals surface area contributed by atoms with Crippen LogP contribution in [-0.2, 0) is 9.59 Å². The number of urea groups is 1. The SMILES string of the molecule is CCC(C)C(=O)NCC(=O)N1CCN(C(=O)N2CCCCC2)CC1. The maximum Gasteiger partial charge on any atom is 0.320 e. The Morgan fingerprint density at radius 2 is 1.42 bits per heavy atom. The molecule has 2 saturated heterocycles. The number of nitrogens with one attached hydrogen (secondary N) is 1. The van der Waals surface area contributed by atoms with Crippen molar-refractivity contribution in [3.63, 3.8) is 0 Å². The lowest BCUT2D eigenvalue weighted by Gasteiger charge is -2.38. The van der Waals surface area contributed by atoms with Gasteiger partial charge in [-0.3, -0.25) is 9.59 Å². The molecule has 2 fully saturated rings. The van der Waals surface area contributed by atoms with E-state index in [0.29, 0.717) is 26.2 Å². The molecule has 4 amide bonds. The predicted octanol–water partition coefficient (Wildman–Crippen LogP) is 0.899. The topological polar surface area (TPSA) is 73.0 Å². The van der Waals surface area contributed by atoms with Crippen molar-refractivity contribution in [2.75, 3.05) is 45.8 Å². The Labute approximate surface area is 144 Å². The van der Waals surface area contributed by atoms with Gasteiger partial charge in [0.25, 0.3) is 0 Å². The Morgan fingerprint density at radius 3 is 2.00 bits per heavy atom. The summed E-state index contributed by atoms with van der Waals surface area (Å²) in [7, 11) is 0. The van der Waals surface area contributed by atoms with Gasteiger partial charge in [-0.05, 0) is 25.7 Å². The molecule has 1 unspecified atom stereocenters. The number of carbonyl (C=O) groups excluding carboxylic acids is 3. The van der Waals surface area contributed by atoms with Crippen LogP contribution in [-0.4, -0.2) is 78.4 Å². The highest BCUT2D eigenvalue weighted by Crippen LogP contribution is 2.13. The molecule has 1 atom stereocenters. The van der Waals surface area contributed by atoms with Crippen LogP contribution in [0.3, 0.4) is 0 Å². The van der Waals surface area contributed by atoms with Crippen LogP contribution in [0.2, 0.25) is 0 Å². The van der Waals surface area contributed by atoms with E-state index in [0.717, 1.165) is 32.4 Å². The van der Waals surface area contributed by atoms with Crippen molar-refractivity contribution in [3.8, 4) is 0 Å². The molecule has 24 heavy (non-hydrogen) atoms. The first-order valence-electron chi connectivity index (χ1n) is 9.12. The van der Waals surface area contributed by atoms with E-state index in [1.54, 1.807) is 4.90 Å². The number of nitrogens with zero attached hydrogens (tertiary/aromatic N) is 3. The predicted molar refractivity (Wildman–Crippen MR) is 91.4 cm³/mol. The van der Waals surface area contributed by atoms with Gasteiger partial charge in [0.15, 0.2) is 0 Å². The summed E-state index contributed by atoms with van der Waals surface area (Å²) >= 11 is 0. The molecule has 0 aliphatic carbocycles. The lowest BCUT2D eigenvalue weighted by molar-refractivity contribution is -0.134. The molecular weight excluding hydrogens is 308 g/mol. The summed E-state index contributed by atoms with van der Waals surface area (Å²) in [5.74, 6) is -0.224. The summed E-state index contributed by atoms with van der Waals surface area (Å²) in [6.45, 7) is 7.76. The first-order chi connectivity index (χ1) is 11.5. The molecule has 7 heteroatoms. The van der Waals surface area contributed by atoms with Gasteiger partial charge in [-0.2, -0.15) is 0 Å². The van der Waals surface area contributed by atoms with Gasteiger partial charge >= 0.3 is 6.03 Å². The molecule has 2 aliphatic rings. The van der Waals surface area contributed by atoms with Crippen LogP contribution in [0.1, 0.15) is 39.5 Å². The van der Waals surface area contributed by atoms with Gasteiger partial charge in [0.2, 0.25) is 11.8 Å². The molecule has 0 aromatic carbocycles. The van der Waals surface area contributed by atoms with E-state index in [2.05, 4.69) is 5.32 Å². The zero-order chi connectivity index (χ0) is 17.5. The number of hydrogen-bond acceptors (Lipinski definition) is 3. The molecule has 0 aromatic rings. The van der Waals surface area contributed by atoms with Crippen molar-refractivity contribution in [2.24, 2.45) is 5.92 Å². The van der Waals surface area contributed by atoms with Crippen LogP contribution < -0.4 is 5.32 Å². The average molecular weight is 338 g/mol. The van der Waals surface area contributed by atoms with Gasteiger partial charge in [-0.1, -0.05) is 13.8 Å². The van der Waals surface area contributed by atoms with Crippen molar-refractivity contribution < 1.29 is 14.4 Å². The van der Waals surface area contributed by atoms with Crippen LogP contribution in [0, 0.1) is 5.92 Å². The molecule has 1 N–H and O–H groups in total. The molecule has 2 rings (SSSR count). The van der Waals surface area contributed by atoms with Gasteiger partial charge in [0.05, 0.1) is 6.54 Å². The molecule has 0 radical (unpaired) electrons. The van der Waals surface area contributed by atoms with Gasteiger partial charge in [-0.25, -0.2) is 4.79 Å². The van der Waals surface area contributed by atoms with Crippen molar-refractivity contribution in [3.05, 3.63) is 0 Å². The molecule has 2 heterocycles. The van der Waals surface area contributed by atoms with Gasteiger partial charge < -0.3 is 20.0 Å². The van der Waals surface area contributed by atoms with E-state index < -0.39 is 0 Å². The van der Waals surface area contributed by atoms with Crippen LogP contribution in [0.5, 0.6) is 0 Å². The quantitative estimate of drug-likeness (QED) is 0.828. The first-order valence-corrected chi connectivity index (χ1v) is 9.12. The highest BCUT2D eigenvalue weighted by atomic mass is 16.2. The third kappa shape index (κ3) is 4.85. The molecular formula is C17H30N4O3. The smallest absolute Gasteiger partial charge is 0.320 e. The van der Waals surface area contributed by atoms with Crippen LogP contribution in [0.25, 0.3) is 0 Å². The second-order valence-electron chi connectivity index (χ2n) is 6.73. The summed E-state index contributed by atoms with van der Waals surface area (Å²) in [5, 5.41) is 2.70. The van der Waals surface area contributed by atoms with Crippen molar-refractivity contribution in [1.82, 2.24) is 20.0 Å². The van der Waals surface area contributed by atoms with E-state index in [1.807, 2.05) is 23.6 Å². The average Bonchev–Trinajstić information content (AvgIpc) is 2.65. The Kier molecular flexibility index (Phi) is 6.87. The van der Waals surface area contributed by atoms with Crippen LogP contribution >= 0.6 is 0 Å². The fourth-order valence-electron chi connectivity index (χ4n) is 3.07. The molecule has 7 nitrogen and oxygen atoms in total. The Bertz CT molecular complexity index is 455. The van der Waals surface area contributed by atoms with E-state index in [4.69, 9.17) is 0 Å². The number of likely N-dealkylation sites (tertiary alicyclic amines) is 1. The largest absolute Gasteiger partial charge is 0.347 e. The van der Waals surface area contributed by atoms with Crippen molar-refractivity contribution in [1.29, 1.82) is 0 Å². The minimum Gasteiger partial charge on any atom is -0.347 e. The fourth-order valence-corrected chi connectivity index (χ4v) is 3.07. The summed E-state index contributed by atoms with van der Waals surface area (Å²) in [4.78, 5) is 41.9. The van der Waals surface area contributed by atoms with Gasteiger partial charge in [0.1, 0.15) is 0 Å². The number of carbonyl (C=O) groups is 3. The molecule has 136 valence electrons. The minimum absolute atomic E-state index is 0.0449. The first kappa shape index (κ1) is 18.5. The van der Waals surface area contributed by atoms with Crippen LogP contribution in [0.15, 0.2) is 0 Å². The minimum atomic E-state index is -0.0789. The number of piperazine rings is 1. The van der Waals surface area contributed by atoms with Crippen molar-refractivity contribution >= 4 is 17.8 Å². The van der Waals surface area contributed by atoms with E-state index >= 15 is 0 Å². The Morgan fingerprint density at radius 1 is 0.875 bits per heavy atom. The number of amides is 4. The standard InChI is InChI=1S/C17H30N4O3/c1-3-14(2)16(23)18-13-15(22)19-9-11-21(12-10-19)17(24)20-7-5-4-6-8-20/h14H,3-13H2,1-2H3,(H,18,23). The molecule has 0 spiro atoms. The third-order valence-corrected chi connectivity index (χ3v) is 5.00. The summed E-state index contributed by atoms with van der Waals surface area (Å²) in [6, 6.07) is 0.104. The molecule has 0 saturated carbocycles. The lowest BCUT2D eigenvalue weighted by Crippen LogP contribution is -2.56. The summed E-state index contributed by atoms with van der Waals surface area (Å²) in [6.07, 6.45) is 4.13. The second-order valence-corrected chi connectivity index (χ2v) is 6.73. The number of piperidine rings is 1. The van der Waals surface area contributed by atoms with Crippen molar-refractivity contribution in [2.45, 2.75) is 39.5 Å². The number of hydrogen-bond donors (Lipinski definition) is 1. The monoisotopic (exact) mass is 338 g/mol. The highest BCUT2D eigenvalue weighted by Gasteiger charge is 2.27. The molecule has 2 aliphatic heterocycles. The Hall–Kier alpha value is -1.79. The number of rotatable bonds is 4. The summed E-state index contributed by atoms with van der Waals surface area (Å²) in [5.41, 5.74) is 0. The zero-order valence-corrected chi connectivity index (χ0v) is 14.9. The van der Waals surface area contributed by atoms with E-state index in [1.165, 1.54) is 6.42 Å². The third-order valence-electron chi connectivity index (χ3n) is 5.00. The zero-order valence-electron chi connectivity index (χ0n) is 14.9. The second kappa shape index (κ2) is 8.89. The highest BCUT2D eigenvalue weighted by molar-refractivity contribution is 5.85. The molecule has 0 aromatic heterocycles. The van der Waals surface area contributed by atoms with E-state index in [-0.39, 0.29) is 30.3 Å². The maximum absolute atomic E-state index is 12.4. The summed E-state index contributed by atoms with van der Waals surface area (Å²) < 4.78 is 0. The molecule has 0 bridgehead atoms. The maximum atomic E-state index is 12.4. The van der Waals surface area contributed by atoms with Gasteiger partial charge in [0, 0.05) is 45.2 Å². The van der Waals surface area contributed by atoms with Crippen LogP contribution in [0.4, 0.5) is 4.79 Å². The normalized spacial score (nSPS) is 19.8.